The van der Waals surface area contributed by atoms with E-state index in [4.69, 9.17) is 5.73 Å². The largest absolute Gasteiger partial charge is 0.329 e. The SMILES string of the molecule is CC(CN)N(C)CCN1CCN(C)CC1. The van der Waals surface area contributed by atoms with Crippen LogP contribution in [-0.2, 0) is 0 Å². The van der Waals surface area contributed by atoms with Gasteiger partial charge in [-0.05, 0) is 21.0 Å². The monoisotopic (exact) mass is 214 g/mol. The molecule has 1 rings (SSSR count). The molecule has 2 N–H and O–H groups in total. The van der Waals surface area contributed by atoms with Crippen LogP contribution in [0.2, 0.25) is 0 Å². The van der Waals surface area contributed by atoms with Gasteiger partial charge in [0, 0.05) is 51.9 Å². The summed E-state index contributed by atoms with van der Waals surface area (Å²) in [7, 11) is 4.35. The molecule has 0 amide bonds. The highest BCUT2D eigenvalue weighted by Gasteiger charge is 2.14. The molecule has 0 aromatic carbocycles. The topological polar surface area (TPSA) is 35.7 Å². The van der Waals surface area contributed by atoms with Crippen molar-refractivity contribution in [2.24, 2.45) is 5.73 Å². The molecule has 4 heteroatoms. The Bertz CT molecular complexity index is 166. The molecule has 90 valence electrons. The summed E-state index contributed by atoms with van der Waals surface area (Å²) in [6, 6.07) is 0.498. The second-order valence-electron chi connectivity index (χ2n) is 4.71. The van der Waals surface area contributed by atoms with Crippen LogP contribution in [0.4, 0.5) is 0 Å². The molecule has 1 unspecified atom stereocenters. The smallest absolute Gasteiger partial charge is 0.0187 e. The van der Waals surface area contributed by atoms with Gasteiger partial charge in [0.15, 0.2) is 0 Å². The summed E-state index contributed by atoms with van der Waals surface area (Å²) >= 11 is 0. The van der Waals surface area contributed by atoms with Crippen LogP contribution in [0.1, 0.15) is 6.92 Å². The van der Waals surface area contributed by atoms with Crippen molar-refractivity contribution in [3.05, 3.63) is 0 Å². The predicted molar refractivity (Wildman–Crippen MR) is 65.1 cm³/mol. The Balaban J connectivity index is 2.14. The molecule has 1 heterocycles. The molecule has 1 saturated heterocycles. The minimum Gasteiger partial charge on any atom is -0.329 e. The first-order valence-electron chi connectivity index (χ1n) is 5.94. The molecular formula is C11H26N4. The molecule has 0 radical (unpaired) electrons. The second kappa shape index (κ2) is 6.43. The summed E-state index contributed by atoms with van der Waals surface area (Å²) in [5.74, 6) is 0. The molecule has 1 aliphatic rings. The van der Waals surface area contributed by atoms with E-state index < -0.39 is 0 Å². The molecule has 0 aromatic heterocycles. The van der Waals surface area contributed by atoms with Gasteiger partial charge in [-0.3, -0.25) is 4.90 Å². The van der Waals surface area contributed by atoms with Crippen molar-refractivity contribution in [1.29, 1.82) is 0 Å². The Hall–Kier alpha value is -0.160. The van der Waals surface area contributed by atoms with E-state index in [9.17, 15) is 0 Å². The highest BCUT2D eigenvalue weighted by Crippen LogP contribution is 2.00. The first-order valence-corrected chi connectivity index (χ1v) is 5.94. The van der Waals surface area contributed by atoms with Gasteiger partial charge < -0.3 is 15.5 Å². The Morgan fingerprint density at radius 1 is 1.27 bits per heavy atom. The third-order valence-electron chi connectivity index (χ3n) is 3.46. The van der Waals surface area contributed by atoms with Gasteiger partial charge in [0.2, 0.25) is 0 Å². The van der Waals surface area contributed by atoms with E-state index in [1.54, 1.807) is 0 Å². The second-order valence-corrected chi connectivity index (χ2v) is 4.71. The summed E-state index contributed by atoms with van der Waals surface area (Å²) in [6.45, 7) is 10.1. The number of piperazine rings is 1. The molecule has 15 heavy (non-hydrogen) atoms. The van der Waals surface area contributed by atoms with Crippen molar-refractivity contribution in [3.8, 4) is 0 Å². The third-order valence-corrected chi connectivity index (χ3v) is 3.46. The van der Waals surface area contributed by atoms with Crippen molar-refractivity contribution in [3.63, 3.8) is 0 Å². The first kappa shape index (κ1) is 12.9. The van der Waals surface area contributed by atoms with E-state index >= 15 is 0 Å². The van der Waals surface area contributed by atoms with Crippen LogP contribution < -0.4 is 5.73 Å². The lowest BCUT2D eigenvalue weighted by Crippen LogP contribution is -2.48. The molecule has 1 atom stereocenters. The van der Waals surface area contributed by atoms with Crippen LogP contribution in [0, 0.1) is 0 Å². The zero-order valence-electron chi connectivity index (χ0n) is 10.4. The van der Waals surface area contributed by atoms with Gasteiger partial charge in [0.1, 0.15) is 0 Å². The highest BCUT2D eigenvalue weighted by molar-refractivity contribution is 4.71. The maximum Gasteiger partial charge on any atom is 0.0187 e. The van der Waals surface area contributed by atoms with E-state index in [1.807, 2.05) is 0 Å². The molecule has 1 aliphatic heterocycles. The fraction of sp³-hybridized carbons (Fsp3) is 1.00. The number of rotatable bonds is 5. The summed E-state index contributed by atoms with van der Waals surface area (Å²) in [4.78, 5) is 7.28. The van der Waals surface area contributed by atoms with E-state index in [2.05, 4.69) is 35.7 Å². The molecule has 0 bridgehead atoms. The normalized spacial score (nSPS) is 22.2. The van der Waals surface area contributed by atoms with Gasteiger partial charge in [-0.15, -0.1) is 0 Å². The fourth-order valence-electron chi connectivity index (χ4n) is 1.77. The quantitative estimate of drug-likeness (QED) is 0.670. The van der Waals surface area contributed by atoms with Gasteiger partial charge >= 0.3 is 0 Å². The number of hydrogen-bond acceptors (Lipinski definition) is 4. The Morgan fingerprint density at radius 3 is 2.40 bits per heavy atom. The van der Waals surface area contributed by atoms with E-state index in [-0.39, 0.29) is 0 Å². The van der Waals surface area contributed by atoms with Crippen LogP contribution in [-0.4, -0.2) is 80.7 Å². The van der Waals surface area contributed by atoms with Gasteiger partial charge in [-0.2, -0.15) is 0 Å². The fourth-order valence-corrected chi connectivity index (χ4v) is 1.77. The van der Waals surface area contributed by atoms with E-state index in [0.717, 1.165) is 13.1 Å². The van der Waals surface area contributed by atoms with Crippen LogP contribution >= 0.6 is 0 Å². The van der Waals surface area contributed by atoms with Gasteiger partial charge in [0.05, 0.1) is 0 Å². The van der Waals surface area contributed by atoms with Gasteiger partial charge in [-0.1, -0.05) is 0 Å². The molecular weight excluding hydrogens is 188 g/mol. The maximum atomic E-state index is 5.64. The van der Waals surface area contributed by atoms with Gasteiger partial charge in [-0.25, -0.2) is 0 Å². The number of nitrogens with two attached hydrogens (primary N) is 1. The lowest BCUT2D eigenvalue weighted by molar-refractivity contribution is 0.133. The molecule has 0 aromatic rings. The number of nitrogens with zero attached hydrogens (tertiary/aromatic N) is 3. The van der Waals surface area contributed by atoms with E-state index in [1.165, 1.54) is 32.7 Å². The molecule has 0 spiro atoms. The zero-order valence-corrected chi connectivity index (χ0v) is 10.4. The number of hydrogen-bond donors (Lipinski definition) is 1. The average molecular weight is 214 g/mol. The predicted octanol–water partition coefficient (Wildman–Crippen LogP) is -0.487. The summed E-state index contributed by atoms with van der Waals surface area (Å²) < 4.78 is 0. The lowest BCUT2D eigenvalue weighted by Gasteiger charge is -2.34. The van der Waals surface area contributed by atoms with E-state index in [0.29, 0.717) is 6.04 Å². The van der Waals surface area contributed by atoms with Crippen molar-refractivity contribution in [2.75, 3.05) is 59.9 Å². The minimum absolute atomic E-state index is 0.498. The summed E-state index contributed by atoms with van der Waals surface area (Å²) in [5.41, 5.74) is 5.64. The standard InChI is InChI=1S/C11H26N4/c1-11(10-12)14(3)6-9-15-7-4-13(2)5-8-15/h11H,4-10,12H2,1-3H3. The van der Waals surface area contributed by atoms with Crippen molar-refractivity contribution in [1.82, 2.24) is 14.7 Å². The van der Waals surface area contributed by atoms with Crippen LogP contribution in [0.15, 0.2) is 0 Å². The molecule has 0 aliphatic carbocycles. The van der Waals surface area contributed by atoms with Crippen LogP contribution in [0.25, 0.3) is 0 Å². The highest BCUT2D eigenvalue weighted by atomic mass is 15.3. The average Bonchev–Trinajstić information content (AvgIpc) is 2.26. The first-order chi connectivity index (χ1) is 7.13. The van der Waals surface area contributed by atoms with Crippen molar-refractivity contribution < 1.29 is 0 Å². The molecule has 0 saturated carbocycles. The molecule has 1 fully saturated rings. The number of likely N-dealkylation sites (N-methyl/N-ethyl adjacent to an activating group) is 2. The maximum absolute atomic E-state index is 5.64. The lowest BCUT2D eigenvalue weighted by atomic mass is 10.3. The van der Waals surface area contributed by atoms with Crippen molar-refractivity contribution in [2.45, 2.75) is 13.0 Å². The van der Waals surface area contributed by atoms with Gasteiger partial charge in [0.25, 0.3) is 0 Å². The summed E-state index contributed by atoms with van der Waals surface area (Å²) in [6.07, 6.45) is 0. The van der Waals surface area contributed by atoms with Crippen molar-refractivity contribution >= 4 is 0 Å². The van der Waals surface area contributed by atoms with Crippen LogP contribution in [0.3, 0.4) is 0 Å². The minimum atomic E-state index is 0.498. The Kier molecular flexibility index (Phi) is 5.53. The van der Waals surface area contributed by atoms with Crippen LogP contribution in [0.5, 0.6) is 0 Å². The Morgan fingerprint density at radius 2 is 1.87 bits per heavy atom. The molecule has 4 nitrogen and oxygen atoms in total. The third kappa shape index (κ3) is 4.47. The summed E-state index contributed by atoms with van der Waals surface area (Å²) in [5, 5.41) is 0. The Labute approximate surface area is 94.0 Å². The zero-order chi connectivity index (χ0) is 11.3.